The maximum Gasteiger partial charge on any atom is 0.389 e. The van der Waals surface area contributed by atoms with Gasteiger partial charge in [0.2, 0.25) is 5.91 Å². The molecule has 0 bridgehead atoms. The fourth-order valence-corrected chi connectivity index (χ4v) is 5.37. The van der Waals surface area contributed by atoms with Gasteiger partial charge in [-0.15, -0.1) is 22.7 Å². The van der Waals surface area contributed by atoms with E-state index in [9.17, 15) is 33.0 Å². The average Bonchev–Trinajstić information content (AvgIpc) is 3.57. The number of hydrogen-bond acceptors (Lipinski definition) is 8. The van der Waals surface area contributed by atoms with Crippen molar-refractivity contribution in [1.29, 1.82) is 0 Å². The Bertz CT molecular complexity index is 1220. The van der Waals surface area contributed by atoms with Gasteiger partial charge in [-0.3, -0.25) is 9.59 Å². The summed E-state index contributed by atoms with van der Waals surface area (Å²) in [6.45, 7) is 3.48. The summed E-state index contributed by atoms with van der Waals surface area (Å²) in [5, 5.41) is 28.3. The van der Waals surface area contributed by atoms with E-state index in [4.69, 9.17) is 0 Å². The molecule has 8 nitrogen and oxygen atoms in total. The van der Waals surface area contributed by atoms with Gasteiger partial charge in [0.15, 0.2) is 0 Å². The van der Waals surface area contributed by atoms with Crippen molar-refractivity contribution in [1.82, 2.24) is 20.6 Å². The summed E-state index contributed by atoms with van der Waals surface area (Å²) in [6.07, 6.45) is -4.88. The number of nitrogens with one attached hydrogen (secondary N) is 2. The number of rotatable bonds is 13. The van der Waals surface area contributed by atoms with Gasteiger partial charge in [-0.2, -0.15) is 13.2 Å². The highest BCUT2D eigenvalue weighted by atomic mass is 32.1. The topological polar surface area (TPSA) is 124 Å². The van der Waals surface area contributed by atoms with Crippen LogP contribution in [0.4, 0.5) is 13.2 Å². The number of aliphatic hydroxyl groups is 2. The second-order valence-corrected chi connectivity index (χ2v) is 11.2. The van der Waals surface area contributed by atoms with Crippen molar-refractivity contribution in [3.63, 3.8) is 0 Å². The normalized spacial score (nSPS) is 14.8. The lowest BCUT2D eigenvalue weighted by Crippen LogP contribution is -2.51. The Morgan fingerprint density at radius 1 is 1.10 bits per heavy atom. The number of alkyl halides is 3. The Kier molecular flexibility index (Phi) is 11.0. The van der Waals surface area contributed by atoms with Crippen molar-refractivity contribution in [2.24, 2.45) is 0 Å². The molecular weight excluding hydrogens is 553 g/mol. The van der Waals surface area contributed by atoms with E-state index in [0.717, 1.165) is 33.8 Å². The molecule has 0 aliphatic heterocycles. The van der Waals surface area contributed by atoms with Crippen LogP contribution >= 0.6 is 22.7 Å². The molecule has 2 unspecified atom stereocenters. The van der Waals surface area contributed by atoms with E-state index in [1.807, 2.05) is 31.2 Å². The highest BCUT2D eigenvalue weighted by Crippen LogP contribution is 2.28. The number of aliphatic hydroxyl groups excluding tert-OH is 2. The minimum atomic E-state index is -4.37. The number of hydrogen-bond donors (Lipinski definition) is 4. The van der Waals surface area contributed by atoms with Gasteiger partial charge in [-0.05, 0) is 45.6 Å². The minimum absolute atomic E-state index is 0.0708. The number of carbonyl (C=O) groups excluding carboxylic acids is 2. The number of aryl methyl sites for hydroxylation is 1. The highest BCUT2D eigenvalue weighted by Gasteiger charge is 2.32. The first kappa shape index (κ1) is 30.7. The summed E-state index contributed by atoms with van der Waals surface area (Å²) < 4.78 is 38.2. The zero-order valence-corrected chi connectivity index (χ0v) is 23.1. The third-order valence-corrected chi connectivity index (χ3v) is 7.77. The number of halogens is 3. The zero-order chi connectivity index (χ0) is 28.6. The zero-order valence-electron chi connectivity index (χ0n) is 21.4. The number of thiazole rings is 2. The molecule has 4 atom stereocenters. The molecule has 0 saturated carbocycles. The van der Waals surface area contributed by atoms with Crippen LogP contribution in [0.2, 0.25) is 0 Å². The van der Waals surface area contributed by atoms with Gasteiger partial charge in [0, 0.05) is 23.6 Å². The molecule has 0 spiro atoms. The molecule has 1 aromatic carbocycles. The molecule has 0 aliphatic carbocycles. The van der Waals surface area contributed by atoms with Crippen LogP contribution in [0.25, 0.3) is 10.6 Å². The third-order valence-electron chi connectivity index (χ3n) is 5.88. The standard InChI is InChI=1S/C26H31F3N4O4S2/c1-15-5-3-6-17(13-15)24-31-14-20(39-24)23(37)33-19(9-8-16(2)34)22(36)32-18(7-4-10-26(27,28)29)21(35)25-30-11-12-38-25/h3,5-6,11-14,16,18-19,21,34-35H,4,7-10H2,1-2H3,(H,32,36)(H,33,37)/t16?,18-,19-,21?/m0/s1. The predicted molar refractivity (Wildman–Crippen MR) is 143 cm³/mol. The molecule has 2 amide bonds. The van der Waals surface area contributed by atoms with Crippen molar-refractivity contribution in [3.05, 3.63) is 57.5 Å². The molecule has 2 aromatic heterocycles. The minimum Gasteiger partial charge on any atom is -0.393 e. The second-order valence-electron chi connectivity index (χ2n) is 9.29. The SMILES string of the molecule is Cc1cccc(-c2ncc(C(=O)N[C@@H](CCC(C)O)C(=O)N[C@@H](CCCC(F)(F)F)C(O)c3nccs3)s2)c1. The smallest absolute Gasteiger partial charge is 0.389 e. The van der Waals surface area contributed by atoms with E-state index in [1.54, 1.807) is 12.3 Å². The third kappa shape index (κ3) is 9.67. The molecule has 0 aliphatic rings. The summed E-state index contributed by atoms with van der Waals surface area (Å²) in [6, 6.07) is 5.47. The Hall–Kier alpha value is -2.87. The van der Waals surface area contributed by atoms with Crippen molar-refractivity contribution >= 4 is 34.5 Å². The Labute approximate surface area is 232 Å². The maximum atomic E-state index is 13.3. The quantitative estimate of drug-likeness (QED) is 0.229. The van der Waals surface area contributed by atoms with Crippen molar-refractivity contribution in [3.8, 4) is 10.6 Å². The molecule has 0 saturated heterocycles. The molecule has 0 fully saturated rings. The predicted octanol–water partition coefficient (Wildman–Crippen LogP) is 4.79. The van der Waals surface area contributed by atoms with Crippen LogP contribution < -0.4 is 10.6 Å². The maximum absolute atomic E-state index is 13.3. The molecule has 0 radical (unpaired) electrons. The number of aromatic nitrogens is 2. The molecule has 2 heterocycles. The molecule has 13 heteroatoms. The van der Waals surface area contributed by atoms with E-state index < -0.39 is 48.7 Å². The van der Waals surface area contributed by atoms with E-state index in [2.05, 4.69) is 20.6 Å². The van der Waals surface area contributed by atoms with E-state index in [1.165, 1.54) is 12.4 Å². The highest BCUT2D eigenvalue weighted by molar-refractivity contribution is 7.16. The lowest BCUT2D eigenvalue weighted by Gasteiger charge is -2.26. The summed E-state index contributed by atoms with van der Waals surface area (Å²) in [5.74, 6) is -1.23. The summed E-state index contributed by atoms with van der Waals surface area (Å²) in [7, 11) is 0. The Morgan fingerprint density at radius 3 is 2.51 bits per heavy atom. The molecule has 4 N–H and O–H groups in total. The molecule has 212 valence electrons. The van der Waals surface area contributed by atoms with E-state index in [-0.39, 0.29) is 35.6 Å². The molecule has 3 aromatic rings. The van der Waals surface area contributed by atoms with Crippen molar-refractivity contribution in [2.75, 3.05) is 0 Å². The van der Waals surface area contributed by atoms with Crippen LogP contribution in [0.1, 0.15) is 65.4 Å². The van der Waals surface area contributed by atoms with Crippen molar-refractivity contribution in [2.45, 2.75) is 76.4 Å². The van der Waals surface area contributed by atoms with Gasteiger partial charge in [-0.25, -0.2) is 9.97 Å². The molecule has 3 rings (SSSR count). The van der Waals surface area contributed by atoms with Gasteiger partial charge < -0.3 is 20.8 Å². The first-order valence-electron chi connectivity index (χ1n) is 12.4. The molecular formula is C26H31F3N4O4S2. The van der Waals surface area contributed by atoms with Crippen LogP contribution in [-0.2, 0) is 4.79 Å². The first-order valence-corrected chi connectivity index (χ1v) is 14.1. The van der Waals surface area contributed by atoms with Gasteiger partial charge >= 0.3 is 6.18 Å². The van der Waals surface area contributed by atoms with Crippen LogP contribution in [-0.4, -0.2) is 56.4 Å². The monoisotopic (exact) mass is 584 g/mol. The van der Waals surface area contributed by atoms with Gasteiger partial charge in [0.1, 0.15) is 27.0 Å². The van der Waals surface area contributed by atoms with Crippen LogP contribution in [0.5, 0.6) is 0 Å². The first-order chi connectivity index (χ1) is 18.4. The lowest BCUT2D eigenvalue weighted by atomic mass is 10.0. The summed E-state index contributed by atoms with van der Waals surface area (Å²) in [5.41, 5.74) is 1.88. The number of benzene rings is 1. The number of amides is 2. The summed E-state index contributed by atoms with van der Waals surface area (Å²) >= 11 is 2.27. The number of nitrogens with zero attached hydrogens (tertiary/aromatic N) is 2. The fourth-order valence-electron chi connectivity index (χ4n) is 3.86. The van der Waals surface area contributed by atoms with Crippen molar-refractivity contribution < 1.29 is 33.0 Å². The van der Waals surface area contributed by atoms with Crippen LogP contribution in [0.3, 0.4) is 0 Å². The Morgan fingerprint density at radius 2 is 1.87 bits per heavy atom. The second kappa shape index (κ2) is 14.0. The number of carbonyl (C=O) groups is 2. The van der Waals surface area contributed by atoms with Crippen LogP contribution in [0, 0.1) is 6.92 Å². The lowest BCUT2D eigenvalue weighted by molar-refractivity contribution is -0.136. The molecule has 39 heavy (non-hydrogen) atoms. The summed E-state index contributed by atoms with van der Waals surface area (Å²) in [4.78, 5) is 34.9. The van der Waals surface area contributed by atoms with Crippen LogP contribution in [0.15, 0.2) is 42.0 Å². The fraction of sp³-hybridized carbons (Fsp3) is 0.462. The van der Waals surface area contributed by atoms with Gasteiger partial charge in [0.25, 0.3) is 5.91 Å². The average molecular weight is 585 g/mol. The van der Waals surface area contributed by atoms with E-state index in [0.29, 0.717) is 5.01 Å². The largest absolute Gasteiger partial charge is 0.393 e. The van der Waals surface area contributed by atoms with E-state index >= 15 is 0 Å². The Balaban J connectivity index is 1.74. The van der Waals surface area contributed by atoms with Gasteiger partial charge in [0.05, 0.1) is 18.3 Å². The van der Waals surface area contributed by atoms with Gasteiger partial charge in [-0.1, -0.05) is 23.8 Å².